The second-order valence-electron chi connectivity index (χ2n) is 6.01. The van der Waals surface area contributed by atoms with Crippen LogP contribution in [0.1, 0.15) is 25.3 Å². The third-order valence-corrected chi connectivity index (χ3v) is 4.05. The van der Waals surface area contributed by atoms with E-state index in [1.165, 1.54) is 25.1 Å². The van der Waals surface area contributed by atoms with E-state index in [1.54, 1.807) is 0 Å². The van der Waals surface area contributed by atoms with E-state index in [-0.39, 0.29) is 24.1 Å². The molecular formula is C16H22F2N4O2. The highest BCUT2D eigenvalue weighted by atomic mass is 19.1. The third-order valence-electron chi connectivity index (χ3n) is 4.05. The topological polar surface area (TPSA) is 87.5 Å². The fraction of sp³-hybridized carbons (Fsp3) is 0.500. The van der Waals surface area contributed by atoms with Crippen LogP contribution < -0.4 is 16.4 Å². The van der Waals surface area contributed by atoms with Crippen LogP contribution in [0.3, 0.4) is 0 Å². The number of benzene rings is 1. The van der Waals surface area contributed by atoms with E-state index in [2.05, 4.69) is 10.6 Å². The minimum Gasteiger partial charge on any atom is -0.352 e. The lowest BCUT2D eigenvalue weighted by atomic mass is 10.0. The number of likely N-dealkylation sites (tertiary alicyclic amines) is 1. The zero-order chi connectivity index (χ0) is 17.7. The number of urea groups is 1. The number of hydrogen-bond donors (Lipinski definition) is 3. The Bertz CT molecular complexity index is 591. The molecule has 0 spiro atoms. The third kappa shape index (κ3) is 4.89. The predicted octanol–water partition coefficient (Wildman–Crippen LogP) is 1.10. The molecule has 0 aromatic heterocycles. The molecule has 2 rings (SSSR count). The van der Waals surface area contributed by atoms with Crippen LogP contribution in [0.2, 0.25) is 0 Å². The van der Waals surface area contributed by atoms with Crippen LogP contribution in [0.15, 0.2) is 18.2 Å². The van der Waals surface area contributed by atoms with Crippen molar-refractivity contribution in [2.75, 3.05) is 13.1 Å². The maximum absolute atomic E-state index is 13.8. The first-order valence-corrected chi connectivity index (χ1v) is 7.88. The molecule has 0 radical (unpaired) electrons. The van der Waals surface area contributed by atoms with Crippen LogP contribution in [0.4, 0.5) is 13.6 Å². The summed E-state index contributed by atoms with van der Waals surface area (Å²) in [5, 5.41) is 5.14. The van der Waals surface area contributed by atoms with Crippen molar-refractivity contribution in [1.29, 1.82) is 0 Å². The fourth-order valence-electron chi connectivity index (χ4n) is 2.83. The molecule has 1 saturated heterocycles. The van der Waals surface area contributed by atoms with Crippen molar-refractivity contribution in [3.05, 3.63) is 35.4 Å². The predicted molar refractivity (Wildman–Crippen MR) is 85.0 cm³/mol. The van der Waals surface area contributed by atoms with Crippen LogP contribution >= 0.6 is 0 Å². The van der Waals surface area contributed by atoms with E-state index in [1.807, 2.05) is 4.90 Å². The SMILES string of the molecule is CC(NC(N)=O)C(=O)NC1CCCN(Cc2c(F)cccc2F)C1. The second kappa shape index (κ2) is 8.05. The molecule has 1 fully saturated rings. The summed E-state index contributed by atoms with van der Waals surface area (Å²) in [6, 6.07) is 2.16. The first-order valence-electron chi connectivity index (χ1n) is 7.88. The number of hydrogen-bond acceptors (Lipinski definition) is 3. The lowest BCUT2D eigenvalue weighted by Crippen LogP contribution is -2.53. The zero-order valence-electron chi connectivity index (χ0n) is 13.5. The summed E-state index contributed by atoms with van der Waals surface area (Å²) in [6.45, 7) is 2.88. The van der Waals surface area contributed by atoms with Gasteiger partial charge in [-0.05, 0) is 38.4 Å². The molecular weight excluding hydrogens is 318 g/mol. The van der Waals surface area contributed by atoms with Crippen LogP contribution in [0.5, 0.6) is 0 Å². The quantitative estimate of drug-likeness (QED) is 0.750. The van der Waals surface area contributed by atoms with Gasteiger partial charge in [0, 0.05) is 24.7 Å². The van der Waals surface area contributed by atoms with Crippen LogP contribution in [0, 0.1) is 11.6 Å². The summed E-state index contributed by atoms with van der Waals surface area (Å²) in [5.41, 5.74) is 5.03. The van der Waals surface area contributed by atoms with E-state index in [0.717, 1.165) is 12.8 Å². The molecule has 0 saturated carbocycles. The summed E-state index contributed by atoms with van der Waals surface area (Å²) in [5.74, 6) is -1.47. The van der Waals surface area contributed by atoms with Gasteiger partial charge in [-0.3, -0.25) is 9.69 Å². The average Bonchev–Trinajstić information content (AvgIpc) is 2.51. The molecule has 1 aliphatic rings. The summed E-state index contributed by atoms with van der Waals surface area (Å²) in [7, 11) is 0. The molecule has 24 heavy (non-hydrogen) atoms. The number of piperidine rings is 1. The zero-order valence-corrected chi connectivity index (χ0v) is 13.5. The summed E-state index contributed by atoms with van der Waals surface area (Å²) >= 11 is 0. The van der Waals surface area contributed by atoms with E-state index < -0.39 is 23.7 Å². The van der Waals surface area contributed by atoms with E-state index >= 15 is 0 Å². The van der Waals surface area contributed by atoms with Gasteiger partial charge in [-0.25, -0.2) is 13.6 Å². The first-order chi connectivity index (χ1) is 11.4. The summed E-state index contributed by atoms with van der Waals surface area (Å²) < 4.78 is 27.5. The maximum Gasteiger partial charge on any atom is 0.312 e. The minimum atomic E-state index is -0.766. The molecule has 1 aliphatic heterocycles. The molecule has 8 heteroatoms. The van der Waals surface area contributed by atoms with Crippen molar-refractivity contribution >= 4 is 11.9 Å². The van der Waals surface area contributed by atoms with Gasteiger partial charge in [0.1, 0.15) is 17.7 Å². The molecule has 132 valence electrons. The van der Waals surface area contributed by atoms with Gasteiger partial charge >= 0.3 is 6.03 Å². The number of rotatable bonds is 5. The number of nitrogens with two attached hydrogens (primary N) is 1. The number of nitrogens with one attached hydrogen (secondary N) is 2. The highest BCUT2D eigenvalue weighted by molar-refractivity contribution is 5.86. The van der Waals surface area contributed by atoms with Gasteiger partial charge < -0.3 is 16.4 Å². The van der Waals surface area contributed by atoms with E-state index in [4.69, 9.17) is 5.73 Å². The van der Waals surface area contributed by atoms with Gasteiger partial charge in [0.15, 0.2) is 0 Å². The molecule has 2 unspecified atom stereocenters. The number of halogens is 2. The first kappa shape index (κ1) is 18.1. The minimum absolute atomic E-state index is 0.0354. The van der Waals surface area contributed by atoms with Gasteiger partial charge in [-0.2, -0.15) is 0 Å². The van der Waals surface area contributed by atoms with Gasteiger partial charge in [-0.1, -0.05) is 6.07 Å². The number of nitrogens with zero attached hydrogens (tertiary/aromatic N) is 1. The van der Waals surface area contributed by atoms with Gasteiger partial charge in [0.05, 0.1) is 0 Å². The normalized spacial score (nSPS) is 19.5. The Labute approximate surface area is 139 Å². The largest absolute Gasteiger partial charge is 0.352 e. The number of primary amides is 1. The smallest absolute Gasteiger partial charge is 0.312 e. The molecule has 1 aromatic rings. The Morgan fingerprint density at radius 3 is 2.67 bits per heavy atom. The van der Waals surface area contributed by atoms with E-state index in [9.17, 15) is 18.4 Å². The molecule has 3 amide bonds. The van der Waals surface area contributed by atoms with Crippen LogP contribution in [-0.2, 0) is 11.3 Å². The molecule has 0 bridgehead atoms. The Balaban J connectivity index is 1.92. The van der Waals surface area contributed by atoms with Crippen molar-refractivity contribution in [3.63, 3.8) is 0 Å². The maximum atomic E-state index is 13.8. The monoisotopic (exact) mass is 340 g/mol. The standard InChI is InChI=1S/C16H22F2N4O2/c1-10(20-16(19)24)15(23)21-11-4-3-7-22(8-11)9-12-13(17)5-2-6-14(12)18/h2,5-6,10-11H,3-4,7-9H2,1H3,(H,21,23)(H3,19,20,24). The van der Waals surface area contributed by atoms with E-state index in [0.29, 0.717) is 13.1 Å². The van der Waals surface area contributed by atoms with Gasteiger partial charge in [-0.15, -0.1) is 0 Å². The fourth-order valence-corrected chi connectivity index (χ4v) is 2.83. The van der Waals surface area contributed by atoms with Crippen molar-refractivity contribution in [2.45, 2.75) is 38.4 Å². The highest BCUT2D eigenvalue weighted by Gasteiger charge is 2.25. The van der Waals surface area contributed by atoms with Crippen LogP contribution in [0.25, 0.3) is 0 Å². The van der Waals surface area contributed by atoms with Crippen molar-refractivity contribution in [3.8, 4) is 0 Å². The molecule has 1 heterocycles. The van der Waals surface area contributed by atoms with Crippen molar-refractivity contribution < 1.29 is 18.4 Å². The Kier molecular flexibility index (Phi) is 6.08. The lowest BCUT2D eigenvalue weighted by Gasteiger charge is -2.33. The molecule has 6 nitrogen and oxygen atoms in total. The molecule has 0 aliphatic carbocycles. The van der Waals surface area contributed by atoms with Gasteiger partial charge in [0.25, 0.3) is 0 Å². The van der Waals surface area contributed by atoms with Crippen molar-refractivity contribution in [1.82, 2.24) is 15.5 Å². The number of amides is 3. The Hall–Kier alpha value is -2.22. The number of carbonyl (C=O) groups excluding carboxylic acids is 2. The summed E-state index contributed by atoms with van der Waals surface area (Å²) in [4.78, 5) is 24.7. The van der Waals surface area contributed by atoms with Gasteiger partial charge in [0.2, 0.25) is 5.91 Å². The lowest BCUT2D eigenvalue weighted by molar-refractivity contribution is -0.123. The molecule has 1 aromatic carbocycles. The molecule has 4 N–H and O–H groups in total. The number of carbonyl (C=O) groups is 2. The highest BCUT2D eigenvalue weighted by Crippen LogP contribution is 2.18. The Morgan fingerprint density at radius 1 is 1.38 bits per heavy atom. The average molecular weight is 340 g/mol. The second-order valence-corrected chi connectivity index (χ2v) is 6.01. The van der Waals surface area contributed by atoms with Crippen LogP contribution in [-0.4, -0.2) is 42.0 Å². The molecule has 2 atom stereocenters. The Morgan fingerprint density at radius 2 is 2.04 bits per heavy atom. The van der Waals surface area contributed by atoms with Crippen molar-refractivity contribution in [2.24, 2.45) is 5.73 Å². The summed E-state index contributed by atoms with van der Waals surface area (Å²) in [6.07, 6.45) is 1.57.